The van der Waals surface area contributed by atoms with E-state index in [0.29, 0.717) is 0 Å². The molecule has 49 heavy (non-hydrogen) atoms. The van der Waals surface area contributed by atoms with Gasteiger partial charge < -0.3 is 39.6 Å². The summed E-state index contributed by atoms with van der Waals surface area (Å²) in [4.78, 5) is 40.7. The van der Waals surface area contributed by atoms with Crippen molar-refractivity contribution in [3.8, 4) is 0 Å². The van der Waals surface area contributed by atoms with E-state index < -0.39 is 23.9 Å². The molecule has 0 N–H and O–H groups in total. The summed E-state index contributed by atoms with van der Waals surface area (Å²) in [6.07, 6.45) is 16.8. The molecule has 0 bridgehead atoms. The summed E-state index contributed by atoms with van der Waals surface area (Å²) >= 11 is 0. The van der Waals surface area contributed by atoms with E-state index in [1.165, 1.54) is 22.3 Å². The van der Waals surface area contributed by atoms with Crippen molar-refractivity contribution in [2.24, 2.45) is 23.7 Å². The van der Waals surface area contributed by atoms with Gasteiger partial charge in [0, 0.05) is 23.9 Å². The van der Waals surface area contributed by atoms with Crippen molar-refractivity contribution in [3.05, 3.63) is 46.6 Å². The topological polar surface area (TPSA) is 161 Å². The molecule has 0 aliphatic rings. The molecule has 0 aromatic heterocycles. The molecule has 4 atom stereocenters. The molecule has 0 rings (SSSR count). The molecule has 9 heteroatoms. The minimum Gasteiger partial charge on any atom is -0.550 e. The first-order chi connectivity index (χ1) is 22.1. The zero-order chi connectivity index (χ0) is 38.2. The van der Waals surface area contributed by atoms with Crippen LogP contribution < -0.4 is 20.4 Å². The molecular formula is C40H68O8Ti. The molecule has 0 radical (unpaired) electrons. The van der Waals surface area contributed by atoms with E-state index in [2.05, 4.69) is 24.3 Å². The molecule has 0 spiro atoms. The molecule has 8 nitrogen and oxygen atoms in total. The summed E-state index contributed by atoms with van der Waals surface area (Å²) in [5, 5.41) is 40.7. The third kappa shape index (κ3) is 61.3. The van der Waals surface area contributed by atoms with Crippen LogP contribution in [-0.2, 0) is 40.9 Å². The van der Waals surface area contributed by atoms with Crippen LogP contribution in [0.25, 0.3) is 0 Å². The van der Waals surface area contributed by atoms with Gasteiger partial charge in [0.25, 0.3) is 0 Å². The predicted octanol–water partition coefficient (Wildman–Crippen LogP) is 6.03. The average molecular weight is 725 g/mol. The molecule has 0 aliphatic carbocycles. The average Bonchev–Trinajstić information content (AvgIpc) is 2.87. The molecule has 280 valence electrons. The number of hydrogen-bond donors (Lipinski definition) is 0. The predicted molar refractivity (Wildman–Crippen MR) is 190 cm³/mol. The smallest absolute Gasteiger partial charge is 0.550 e. The Morgan fingerprint density at radius 1 is 0.388 bits per heavy atom. The van der Waals surface area contributed by atoms with Gasteiger partial charge in [-0.1, -0.05) is 74.3 Å². The first-order valence-corrected chi connectivity index (χ1v) is 17.4. The number of carboxylic acids is 4. The number of aliphatic carboxylic acids is 4. The SMILES string of the molecule is CC(C)=CCCC(C)CC(=O)[O-].CC(C)=CCCC(C)CC(=O)[O-].CC(C)=CCCC(C)CC(=O)[O-].CC(C)=CCCC(C)CC(=O)[O-].[Ti+4]. The maximum absolute atomic E-state index is 10.2. The molecule has 0 aliphatic heterocycles. The molecule has 4 unspecified atom stereocenters. The summed E-state index contributed by atoms with van der Waals surface area (Å²) in [7, 11) is 0. The van der Waals surface area contributed by atoms with Crippen LogP contribution in [0.4, 0.5) is 0 Å². The van der Waals surface area contributed by atoms with Crippen LogP contribution in [-0.4, -0.2) is 23.9 Å². The zero-order valence-corrected chi connectivity index (χ0v) is 34.4. The molecule has 0 aromatic carbocycles. The Morgan fingerprint density at radius 3 is 0.633 bits per heavy atom. The molecular weight excluding hydrogens is 656 g/mol. The maximum Gasteiger partial charge on any atom is 4.00 e. The van der Waals surface area contributed by atoms with Gasteiger partial charge in [-0.05, 0) is 156 Å². The van der Waals surface area contributed by atoms with E-state index in [1.54, 1.807) is 0 Å². The van der Waals surface area contributed by atoms with Crippen LogP contribution in [0.3, 0.4) is 0 Å². The Kier molecular flexibility index (Phi) is 42.0. The Hall–Kier alpha value is -2.45. The van der Waals surface area contributed by atoms with Crippen LogP contribution in [0.5, 0.6) is 0 Å². The van der Waals surface area contributed by atoms with E-state index in [4.69, 9.17) is 0 Å². The number of rotatable bonds is 20. The Morgan fingerprint density at radius 2 is 0.531 bits per heavy atom. The third-order valence-corrected chi connectivity index (χ3v) is 6.91. The van der Waals surface area contributed by atoms with Crippen LogP contribution in [0.2, 0.25) is 0 Å². The van der Waals surface area contributed by atoms with Crippen LogP contribution in [0.15, 0.2) is 46.6 Å². The van der Waals surface area contributed by atoms with E-state index in [0.717, 1.165) is 51.4 Å². The van der Waals surface area contributed by atoms with Crippen molar-refractivity contribution < 1.29 is 61.3 Å². The van der Waals surface area contributed by atoms with Crippen LogP contribution >= 0.6 is 0 Å². The molecule has 0 saturated carbocycles. The van der Waals surface area contributed by atoms with Gasteiger partial charge in [-0.25, -0.2) is 0 Å². The van der Waals surface area contributed by atoms with Crippen LogP contribution in [0, 0.1) is 23.7 Å². The van der Waals surface area contributed by atoms with Gasteiger partial charge in [0.05, 0.1) is 0 Å². The van der Waals surface area contributed by atoms with Crippen LogP contribution in [0.1, 0.15) is 160 Å². The fourth-order valence-corrected chi connectivity index (χ4v) is 4.17. The van der Waals surface area contributed by atoms with Gasteiger partial charge in [-0.15, -0.1) is 0 Å². The number of carbonyl (C=O) groups excluding carboxylic acids is 4. The van der Waals surface area contributed by atoms with E-state index >= 15 is 0 Å². The molecule has 0 amide bonds. The second kappa shape index (κ2) is 36.8. The van der Waals surface area contributed by atoms with Crippen molar-refractivity contribution in [2.45, 2.75) is 160 Å². The monoisotopic (exact) mass is 724 g/mol. The van der Waals surface area contributed by atoms with Crippen molar-refractivity contribution in [2.75, 3.05) is 0 Å². The molecule has 0 heterocycles. The van der Waals surface area contributed by atoms with Crippen molar-refractivity contribution in [3.63, 3.8) is 0 Å². The summed E-state index contributed by atoms with van der Waals surface area (Å²) in [6.45, 7) is 24.1. The minimum absolute atomic E-state index is 0. The molecule has 0 aromatic rings. The quantitative estimate of drug-likeness (QED) is 0.109. The Bertz CT molecular complexity index is 834. The van der Waals surface area contributed by atoms with Gasteiger partial charge >= 0.3 is 21.7 Å². The second-order valence-corrected chi connectivity index (χ2v) is 14.2. The molecule has 0 saturated heterocycles. The fraction of sp³-hybridized carbons (Fsp3) is 0.700. The first kappa shape index (κ1) is 55.9. The van der Waals surface area contributed by atoms with Crippen molar-refractivity contribution in [1.82, 2.24) is 0 Å². The van der Waals surface area contributed by atoms with Crippen molar-refractivity contribution >= 4 is 23.9 Å². The van der Waals surface area contributed by atoms with Gasteiger partial charge in [-0.3, -0.25) is 0 Å². The van der Waals surface area contributed by atoms with Gasteiger partial charge in [0.1, 0.15) is 0 Å². The summed E-state index contributed by atoms with van der Waals surface area (Å²) < 4.78 is 0. The first-order valence-electron chi connectivity index (χ1n) is 17.4. The largest absolute Gasteiger partial charge is 4.00 e. The Balaban J connectivity index is -0.000000174. The second-order valence-electron chi connectivity index (χ2n) is 14.2. The summed E-state index contributed by atoms with van der Waals surface area (Å²) in [6, 6.07) is 0. The third-order valence-electron chi connectivity index (χ3n) is 6.91. The van der Waals surface area contributed by atoms with Gasteiger partial charge in [0.2, 0.25) is 0 Å². The number of hydrogen-bond acceptors (Lipinski definition) is 8. The number of carbonyl (C=O) groups is 4. The van der Waals surface area contributed by atoms with E-state index in [9.17, 15) is 39.6 Å². The van der Waals surface area contributed by atoms with E-state index in [-0.39, 0.29) is 71.1 Å². The number of carboxylic acid groups (broad SMARTS) is 4. The minimum atomic E-state index is -0.945. The van der Waals surface area contributed by atoms with Gasteiger partial charge in [-0.2, -0.15) is 0 Å². The van der Waals surface area contributed by atoms with Crippen molar-refractivity contribution in [1.29, 1.82) is 0 Å². The summed E-state index contributed by atoms with van der Waals surface area (Å²) in [5.74, 6) is -2.87. The molecule has 0 fully saturated rings. The zero-order valence-electron chi connectivity index (χ0n) is 32.9. The maximum atomic E-state index is 10.2. The van der Waals surface area contributed by atoms with Gasteiger partial charge in [0.15, 0.2) is 0 Å². The summed E-state index contributed by atoms with van der Waals surface area (Å²) in [5.41, 5.74) is 5.15. The fourth-order valence-electron chi connectivity index (χ4n) is 4.17. The standard InChI is InChI=1S/4C10H18O2.Ti/c4*1-8(2)5-4-6-9(3)7-10(11)12;/h4*5,9H,4,6-7H2,1-3H3,(H,11,12);/q;;;;+4/p-4. The normalized spacial score (nSPS) is 12.0. The Labute approximate surface area is 314 Å². The number of allylic oxidation sites excluding steroid dienone is 8. The van der Waals surface area contributed by atoms with E-state index in [1.807, 2.05) is 83.1 Å².